The van der Waals surface area contributed by atoms with Gasteiger partial charge in [0.2, 0.25) is 0 Å². The molecule has 0 saturated carbocycles. The molecule has 5 rings (SSSR count). The molecule has 1 aliphatic rings. The third kappa shape index (κ3) is 4.55. The first-order valence-electron chi connectivity index (χ1n) is 10.8. The van der Waals surface area contributed by atoms with Crippen LogP contribution in [0, 0.1) is 0 Å². The van der Waals surface area contributed by atoms with Gasteiger partial charge in [-0.25, -0.2) is 9.78 Å². The molecule has 1 fully saturated rings. The third-order valence-electron chi connectivity index (χ3n) is 5.70. The smallest absolute Gasteiger partial charge is 0.410 e. The van der Waals surface area contributed by atoms with E-state index < -0.39 is 0 Å². The molecule has 8 nitrogen and oxygen atoms in total. The Kier molecular flexibility index (Phi) is 5.72. The van der Waals surface area contributed by atoms with Gasteiger partial charge in [0.15, 0.2) is 0 Å². The Morgan fingerprint density at radius 1 is 0.939 bits per heavy atom. The second kappa shape index (κ2) is 9.12. The average Bonchev–Trinajstić information content (AvgIpc) is 3.32. The number of amides is 2. The molecular formula is C25H23N5O3. The monoisotopic (exact) mass is 441 g/mol. The van der Waals surface area contributed by atoms with Crippen molar-refractivity contribution in [2.75, 3.05) is 26.2 Å². The van der Waals surface area contributed by atoms with Crippen LogP contribution in [0.25, 0.3) is 22.4 Å². The molecule has 8 heteroatoms. The second-order valence-corrected chi connectivity index (χ2v) is 7.88. The number of hydrogen-bond donors (Lipinski definition) is 1. The van der Waals surface area contributed by atoms with Crippen molar-refractivity contribution in [1.29, 1.82) is 0 Å². The zero-order chi connectivity index (χ0) is 22.6. The van der Waals surface area contributed by atoms with Crippen molar-refractivity contribution in [3.05, 3.63) is 84.2 Å². The summed E-state index contributed by atoms with van der Waals surface area (Å²) in [5, 5.41) is 0. The van der Waals surface area contributed by atoms with E-state index in [4.69, 9.17) is 4.74 Å². The van der Waals surface area contributed by atoms with Crippen LogP contribution in [0.2, 0.25) is 0 Å². The molecule has 0 radical (unpaired) electrons. The van der Waals surface area contributed by atoms with E-state index in [1.165, 1.54) is 0 Å². The van der Waals surface area contributed by atoms with Crippen molar-refractivity contribution in [1.82, 2.24) is 24.8 Å². The Morgan fingerprint density at radius 2 is 1.73 bits per heavy atom. The highest BCUT2D eigenvalue weighted by atomic mass is 16.6. The van der Waals surface area contributed by atoms with Gasteiger partial charge in [-0.1, -0.05) is 30.3 Å². The lowest BCUT2D eigenvalue weighted by Crippen LogP contribution is -2.50. The van der Waals surface area contributed by atoms with Gasteiger partial charge in [-0.15, -0.1) is 0 Å². The fraction of sp³-hybridized carbons (Fsp3) is 0.200. The summed E-state index contributed by atoms with van der Waals surface area (Å²) in [7, 11) is 0. The Hall–Kier alpha value is -4.20. The molecular weight excluding hydrogens is 418 g/mol. The number of carbonyl (C=O) groups excluding carboxylic acids is 2. The van der Waals surface area contributed by atoms with E-state index in [-0.39, 0.29) is 18.6 Å². The normalized spacial score (nSPS) is 13.8. The van der Waals surface area contributed by atoms with E-state index >= 15 is 0 Å². The Bertz CT molecular complexity index is 1270. The Morgan fingerprint density at radius 3 is 2.48 bits per heavy atom. The van der Waals surface area contributed by atoms with Gasteiger partial charge in [0.1, 0.15) is 12.4 Å². The molecule has 1 N–H and O–H groups in total. The molecule has 0 spiro atoms. The van der Waals surface area contributed by atoms with E-state index in [0.29, 0.717) is 37.6 Å². The summed E-state index contributed by atoms with van der Waals surface area (Å²) >= 11 is 0. The predicted octanol–water partition coefficient (Wildman–Crippen LogP) is 3.72. The maximum atomic E-state index is 13.1. The summed E-state index contributed by atoms with van der Waals surface area (Å²) in [6.45, 7) is 2.03. The van der Waals surface area contributed by atoms with Crippen molar-refractivity contribution in [2.24, 2.45) is 0 Å². The first kappa shape index (κ1) is 20.7. The van der Waals surface area contributed by atoms with E-state index in [0.717, 1.165) is 22.2 Å². The molecule has 33 heavy (non-hydrogen) atoms. The number of carbonyl (C=O) groups is 2. The lowest BCUT2D eigenvalue weighted by molar-refractivity contribution is 0.0544. The van der Waals surface area contributed by atoms with Crippen LogP contribution in [0.4, 0.5) is 4.79 Å². The number of ether oxygens (including phenoxy) is 1. The number of H-pyrrole nitrogens is 1. The lowest BCUT2D eigenvalue weighted by Gasteiger charge is -2.34. The number of aromatic amines is 1. The molecule has 166 valence electrons. The molecule has 2 aromatic carbocycles. The van der Waals surface area contributed by atoms with Gasteiger partial charge < -0.3 is 19.5 Å². The number of nitrogens with zero attached hydrogens (tertiary/aromatic N) is 4. The highest BCUT2D eigenvalue weighted by Crippen LogP contribution is 2.21. The third-order valence-corrected chi connectivity index (χ3v) is 5.70. The number of rotatable bonds is 4. The van der Waals surface area contributed by atoms with Gasteiger partial charge in [0, 0.05) is 49.7 Å². The lowest BCUT2D eigenvalue weighted by atomic mass is 10.1. The largest absolute Gasteiger partial charge is 0.445 e. The first-order chi connectivity index (χ1) is 16.2. The van der Waals surface area contributed by atoms with E-state index in [2.05, 4.69) is 15.0 Å². The van der Waals surface area contributed by atoms with Crippen LogP contribution in [0.5, 0.6) is 0 Å². The van der Waals surface area contributed by atoms with Crippen molar-refractivity contribution in [3.63, 3.8) is 0 Å². The predicted molar refractivity (Wildman–Crippen MR) is 123 cm³/mol. The molecule has 0 aliphatic carbocycles. The number of imidazole rings is 1. The van der Waals surface area contributed by atoms with E-state index in [9.17, 15) is 9.59 Å². The molecule has 3 heterocycles. The standard InChI is InChI=1S/C25H23N5O3/c31-24(19-8-9-21-22(15-19)28-23(27-21)20-7-4-10-26-16-20)29-11-13-30(14-12-29)25(32)33-17-18-5-2-1-3-6-18/h1-10,15-16H,11-14,17H2,(H,27,28). The summed E-state index contributed by atoms with van der Waals surface area (Å²) in [5.74, 6) is 0.644. The van der Waals surface area contributed by atoms with Crippen LogP contribution in [0.15, 0.2) is 73.1 Å². The van der Waals surface area contributed by atoms with Crippen LogP contribution >= 0.6 is 0 Å². The number of piperazine rings is 1. The molecule has 1 aliphatic heterocycles. The first-order valence-corrected chi connectivity index (χ1v) is 10.8. The molecule has 2 aromatic heterocycles. The number of pyridine rings is 1. The topological polar surface area (TPSA) is 91.4 Å². The van der Waals surface area contributed by atoms with Gasteiger partial charge in [-0.3, -0.25) is 9.78 Å². The zero-order valence-corrected chi connectivity index (χ0v) is 18.0. The van der Waals surface area contributed by atoms with Crippen LogP contribution < -0.4 is 0 Å². The summed E-state index contributed by atoms with van der Waals surface area (Å²) in [6.07, 6.45) is 3.10. The van der Waals surface area contributed by atoms with E-state index in [1.807, 2.05) is 48.5 Å². The molecule has 1 saturated heterocycles. The van der Waals surface area contributed by atoms with Crippen molar-refractivity contribution in [3.8, 4) is 11.4 Å². The fourth-order valence-corrected chi connectivity index (χ4v) is 3.86. The van der Waals surface area contributed by atoms with Gasteiger partial charge >= 0.3 is 6.09 Å². The van der Waals surface area contributed by atoms with Gasteiger partial charge in [-0.05, 0) is 35.9 Å². The van der Waals surface area contributed by atoms with Crippen LogP contribution in [-0.2, 0) is 11.3 Å². The van der Waals surface area contributed by atoms with Gasteiger partial charge in [0.25, 0.3) is 5.91 Å². The Balaban J connectivity index is 1.20. The molecule has 4 aromatic rings. The fourth-order valence-electron chi connectivity index (χ4n) is 3.86. The molecule has 0 atom stereocenters. The van der Waals surface area contributed by atoms with Crippen LogP contribution in [0.1, 0.15) is 15.9 Å². The highest BCUT2D eigenvalue weighted by molar-refractivity contribution is 5.97. The quantitative estimate of drug-likeness (QED) is 0.521. The number of aromatic nitrogens is 3. The van der Waals surface area contributed by atoms with E-state index in [1.54, 1.807) is 34.3 Å². The minimum Gasteiger partial charge on any atom is -0.445 e. The van der Waals surface area contributed by atoms with Crippen LogP contribution in [-0.4, -0.2) is 62.9 Å². The average molecular weight is 441 g/mol. The number of hydrogen-bond acceptors (Lipinski definition) is 5. The molecule has 0 bridgehead atoms. The van der Waals surface area contributed by atoms with Crippen molar-refractivity contribution < 1.29 is 14.3 Å². The minimum absolute atomic E-state index is 0.0693. The SMILES string of the molecule is O=C(OCc1ccccc1)N1CCN(C(=O)c2ccc3[nH]c(-c4cccnc4)nc3c2)CC1. The summed E-state index contributed by atoms with van der Waals surface area (Å²) in [4.78, 5) is 40.8. The summed E-state index contributed by atoms with van der Waals surface area (Å²) in [5.41, 5.74) is 3.99. The van der Waals surface area contributed by atoms with Crippen molar-refractivity contribution >= 4 is 23.0 Å². The maximum absolute atomic E-state index is 13.1. The second-order valence-electron chi connectivity index (χ2n) is 7.88. The maximum Gasteiger partial charge on any atom is 0.410 e. The summed E-state index contributed by atoms with van der Waals surface area (Å²) in [6, 6.07) is 18.8. The highest BCUT2D eigenvalue weighted by Gasteiger charge is 2.26. The Labute approximate surface area is 190 Å². The molecule has 0 unspecified atom stereocenters. The van der Waals surface area contributed by atoms with Gasteiger partial charge in [0.05, 0.1) is 11.0 Å². The minimum atomic E-state index is -0.355. The molecule has 2 amide bonds. The number of benzene rings is 2. The number of nitrogens with one attached hydrogen (secondary N) is 1. The summed E-state index contributed by atoms with van der Waals surface area (Å²) < 4.78 is 5.40. The van der Waals surface area contributed by atoms with Gasteiger partial charge in [-0.2, -0.15) is 0 Å². The zero-order valence-electron chi connectivity index (χ0n) is 18.0. The van der Waals surface area contributed by atoms with Crippen LogP contribution in [0.3, 0.4) is 0 Å². The van der Waals surface area contributed by atoms with Crippen molar-refractivity contribution in [2.45, 2.75) is 6.61 Å². The number of fused-ring (bicyclic) bond motifs is 1.